The summed E-state index contributed by atoms with van der Waals surface area (Å²) >= 11 is 0. The quantitative estimate of drug-likeness (QED) is 0.164. The van der Waals surface area contributed by atoms with Crippen molar-refractivity contribution in [1.82, 2.24) is 8.97 Å². The van der Waals surface area contributed by atoms with E-state index in [1.54, 1.807) is 0 Å². The molecule has 9 aromatic carbocycles. The Labute approximate surface area is 391 Å². The highest BCUT2D eigenvalue weighted by molar-refractivity contribution is 7.00. The highest BCUT2D eigenvalue weighted by Crippen LogP contribution is 2.48. The second-order valence-corrected chi connectivity index (χ2v) is 21.0. The Morgan fingerprint density at radius 3 is 1.66 bits per heavy atom. The van der Waals surface area contributed by atoms with Gasteiger partial charge in [0, 0.05) is 72.0 Å². The van der Waals surface area contributed by atoms with Gasteiger partial charge in [0.05, 0.1) is 27.8 Å². The van der Waals surface area contributed by atoms with E-state index in [9.17, 15) is 0 Å². The zero-order chi connectivity index (χ0) is 45.1. The van der Waals surface area contributed by atoms with Crippen molar-refractivity contribution in [1.29, 1.82) is 0 Å². The summed E-state index contributed by atoms with van der Waals surface area (Å²) in [6, 6.07) is 70.9. The molecule has 2 aliphatic rings. The predicted molar refractivity (Wildman–Crippen MR) is 287 cm³/mol. The smallest absolute Gasteiger partial charge is 0.252 e. The van der Waals surface area contributed by atoms with Gasteiger partial charge in [-0.3, -0.25) is 0 Å². The average molecular weight is 861 g/mol. The maximum absolute atomic E-state index is 2.63. The summed E-state index contributed by atoms with van der Waals surface area (Å²) in [5, 5.41) is 7.87. The number of rotatable bonds is 4. The van der Waals surface area contributed by atoms with Crippen molar-refractivity contribution in [2.45, 2.75) is 52.4 Å². The van der Waals surface area contributed by atoms with Gasteiger partial charge < -0.3 is 18.8 Å². The Hall–Kier alpha value is -7.76. The second-order valence-electron chi connectivity index (χ2n) is 21.0. The number of fused-ring (bicyclic) bond motifs is 13. The fourth-order valence-corrected chi connectivity index (χ4v) is 11.9. The third-order valence-electron chi connectivity index (χ3n) is 15.1. The summed E-state index contributed by atoms with van der Waals surface area (Å²) in [5.74, 6) is 0. The summed E-state index contributed by atoms with van der Waals surface area (Å²) in [5.41, 5.74) is 21.2. The summed E-state index contributed by atoms with van der Waals surface area (Å²) in [4.78, 5) is 4.93. The van der Waals surface area contributed by atoms with E-state index in [0.717, 1.165) is 22.7 Å². The van der Waals surface area contributed by atoms with E-state index in [1.807, 2.05) is 0 Å². The Morgan fingerprint density at radius 2 is 0.970 bits per heavy atom. The maximum atomic E-state index is 2.63. The first kappa shape index (κ1) is 38.5. The molecule has 0 radical (unpaired) electrons. The molecule has 0 aliphatic carbocycles. The monoisotopic (exact) mass is 860 g/mol. The van der Waals surface area contributed by atoms with Gasteiger partial charge in [0.25, 0.3) is 6.71 Å². The van der Waals surface area contributed by atoms with Crippen molar-refractivity contribution < 1.29 is 0 Å². The van der Waals surface area contributed by atoms with Crippen LogP contribution in [0.15, 0.2) is 188 Å². The second kappa shape index (κ2) is 13.4. The van der Waals surface area contributed by atoms with Crippen LogP contribution in [0.5, 0.6) is 0 Å². The van der Waals surface area contributed by atoms with Crippen LogP contribution in [-0.4, -0.2) is 15.7 Å². The van der Waals surface area contributed by atoms with Crippen molar-refractivity contribution >= 4 is 117 Å². The predicted octanol–water partition coefficient (Wildman–Crippen LogP) is 14.6. The van der Waals surface area contributed by atoms with Crippen molar-refractivity contribution in [2.75, 3.05) is 9.80 Å². The minimum Gasteiger partial charge on any atom is -0.311 e. The Bertz CT molecular complexity index is 3960. The number of aromatic nitrogens is 2. The molecule has 12 aromatic rings. The van der Waals surface area contributed by atoms with E-state index < -0.39 is 0 Å². The third-order valence-corrected chi connectivity index (χ3v) is 15.1. The van der Waals surface area contributed by atoms with E-state index in [0.29, 0.717) is 0 Å². The highest BCUT2D eigenvalue weighted by atomic mass is 15.2. The lowest BCUT2D eigenvalue weighted by atomic mass is 9.34. The standard InChI is InChI=1S/C62H49BN4/c1-61(2,3)38-29-30-52-45(31-38)48-32-39(62(4,5)6)33-49-47-36-46-44-25-18-27-51-60(44)67(54(46)37-55(47)66(52)59(48)49)57-35-43(64(40-19-10-7-11-20-40)41-21-12-8-13-22-41)34-56-58(57)63(51)50-26-16-17-28-53(50)65(56)42-23-14-9-15-24-42/h7-37H,1-6H3. The molecular formula is C62H49BN4. The fourth-order valence-electron chi connectivity index (χ4n) is 11.9. The molecule has 14 rings (SSSR count). The van der Waals surface area contributed by atoms with Crippen molar-refractivity contribution in [3.8, 4) is 5.69 Å². The largest absolute Gasteiger partial charge is 0.311 e. The molecule has 3 aromatic heterocycles. The summed E-state index contributed by atoms with van der Waals surface area (Å²) in [6.07, 6.45) is 0. The molecule has 5 heteroatoms. The molecule has 0 saturated heterocycles. The van der Waals surface area contributed by atoms with E-state index >= 15 is 0 Å². The minimum atomic E-state index is -0.0189. The minimum absolute atomic E-state index is 0.0189. The maximum Gasteiger partial charge on any atom is 0.252 e. The van der Waals surface area contributed by atoms with Crippen LogP contribution in [0.3, 0.4) is 0 Å². The Kier molecular flexibility index (Phi) is 7.71. The lowest BCUT2D eigenvalue weighted by Gasteiger charge is -2.41. The molecule has 5 heterocycles. The molecule has 2 aliphatic heterocycles. The van der Waals surface area contributed by atoms with Gasteiger partial charge in [-0.25, -0.2) is 0 Å². The molecule has 0 bridgehead atoms. The normalized spacial score (nSPS) is 13.5. The summed E-state index contributed by atoms with van der Waals surface area (Å²) < 4.78 is 5.21. The number of para-hydroxylation sites is 5. The van der Waals surface area contributed by atoms with Crippen LogP contribution in [0.1, 0.15) is 52.7 Å². The van der Waals surface area contributed by atoms with Crippen LogP contribution < -0.4 is 26.2 Å². The van der Waals surface area contributed by atoms with Crippen molar-refractivity contribution in [2.24, 2.45) is 0 Å². The molecule has 0 unspecified atom stereocenters. The molecule has 0 spiro atoms. The molecule has 0 atom stereocenters. The van der Waals surface area contributed by atoms with E-state index in [2.05, 4.69) is 248 Å². The van der Waals surface area contributed by atoms with Crippen LogP contribution in [-0.2, 0) is 10.8 Å². The van der Waals surface area contributed by atoms with Crippen LogP contribution in [0, 0.1) is 0 Å². The van der Waals surface area contributed by atoms with Gasteiger partial charge in [0.2, 0.25) is 0 Å². The number of hydrogen-bond donors (Lipinski definition) is 0. The van der Waals surface area contributed by atoms with Gasteiger partial charge in [0.15, 0.2) is 0 Å². The van der Waals surface area contributed by atoms with Gasteiger partial charge in [-0.1, -0.05) is 139 Å². The number of nitrogens with zero attached hydrogens (tertiary/aromatic N) is 4. The first-order valence-corrected chi connectivity index (χ1v) is 23.8. The number of benzene rings is 9. The molecule has 4 nitrogen and oxygen atoms in total. The average Bonchev–Trinajstić information content (AvgIpc) is 3.97. The lowest BCUT2D eigenvalue weighted by Crippen LogP contribution is -2.60. The van der Waals surface area contributed by atoms with E-state index in [1.165, 1.54) is 104 Å². The van der Waals surface area contributed by atoms with Crippen LogP contribution in [0.2, 0.25) is 0 Å². The lowest BCUT2D eigenvalue weighted by molar-refractivity contribution is 0.590. The molecular weight excluding hydrogens is 812 g/mol. The SMILES string of the molecule is CC(C)(C)c1ccc2c(c1)c1cc(C(C)(C)C)cc3c4cc5c6cccc7c6n(c5cc4n2c13)-c1cc(N(c2ccccc2)c2ccccc2)cc2c1B7c1ccccc1N2c1ccccc1. The van der Waals surface area contributed by atoms with Gasteiger partial charge in [-0.15, -0.1) is 0 Å². The fraction of sp³-hybridized carbons (Fsp3) is 0.129. The van der Waals surface area contributed by atoms with Gasteiger partial charge >= 0.3 is 0 Å². The third kappa shape index (κ3) is 5.31. The highest BCUT2D eigenvalue weighted by Gasteiger charge is 2.43. The first-order valence-electron chi connectivity index (χ1n) is 23.8. The zero-order valence-corrected chi connectivity index (χ0v) is 38.8. The van der Waals surface area contributed by atoms with E-state index in [-0.39, 0.29) is 17.5 Å². The summed E-state index contributed by atoms with van der Waals surface area (Å²) in [7, 11) is 0. The Balaban J connectivity index is 1.15. The first-order chi connectivity index (χ1) is 32.5. The molecule has 0 saturated carbocycles. The molecule has 0 fully saturated rings. The summed E-state index contributed by atoms with van der Waals surface area (Å²) in [6.45, 7) is 14.0. The molecule has 0 amide bonds. The van der Waals surface area contributed by atoms with Crippen molar-refractivity contribution in [3.63, 3.8) is 0 Å². The number of anilines is 6. The molecule has 67 heavy (non-hydrogen) atoms. The number of hydrogen-bond acceptors (Lipinski definition) is 2. The van der Waals surface area contributed by atoms with Crippen molar-refractivity contribution in [3.05, 3.63) is 199 Å². The van der Waals surface area contributed by atoms with Crippen LogP contribution in [0.25, 0.3) is 65.6 Å². The van der Waals surface area contributed by atoms with Gasteiger partial charge in [-0.05, 0) is 129 Å². The van der Waals surface area contributed by atoms with E-state index in [4.69, 9.17) is 0 Å². The molecule has 0 N–H and O–H groups in total. The van der Waals surface area contributed by atoms with Crippen LogP contribution >= 0.6 is 0 Å². The zero-order valence-electron chi connectivity index (χ0n) is 38.8. The Morgan fingerprint density at radius 1 is 0.388 bits per heavy atom. The van der Waals surface area contributed by atoms with Gasteiger partial charge in [-0.2, -0.15) is 0 Å². The van der Waals surface area contributed by atoms with Crippen LogP contribution in [0.4, 0.5) is 34.1 Å². The topological polar surface area (TPSA) is 15.8 Å². The molecule has 320 valence electrons. The van der Waals surface area contributed by atoms with Gasteiger partial charge in [0.1, 0.15) is 0 Å².